The summed E-state index contributed by atoms with van der Waals surface area (Å²) in [4.78, 5) is 24.5. The first-order chi connectivity index (χ1) is 18.5. The van der Waals surface area contributed by atoms with Crippen molar-refractivity contribution >= 4 is 10.9 Å². The van der Waals surface area contributed by atoms with Crippen LogP contribution in [0.25, 0.3) is 22.0 Å². The summed E-state index contributed by atoms with van der Waals surface area (Å²) in [5.41, 5.74) is 5.11. The predicted molar refractivity (Wildman–Crippen MR) is 147 cm³/mol. The van der Waals surface area contributed by atoms with Gasteiger partial charge in [0.05, 0.1) is 41.7 Å². The van der Waals surface area contributed by atoms with Crippen LogP contribution < -0.4 is 5.56 Å². The molecule has 1 saturated heterocycles. The average Bonchev–Trinajstić information content (AvgIpc) is 3.34. The number of rotatable bonds is 8. The highest BCUT2D eigenvalue weighted by atomic mass is 16.7. The van der Waals surface area contributed by atoms with Gasteiger partial charge < -0.3 is 5.11 Å². The standard InChI is InChI=1S/C31H32N4O3/c1-3-4-9-30-33-28-15-14-23(29-17-25(20-36)38-34(29)2)16-27(28)31(37)35(30)19-21-10-12-22(13-11-21)26-8-6-5-7-24(26)18-32/h5-8,10-16,25,29,36H,3-4,9,17,19-20H2,1-2H3/t25-,29-/m1/s1. The second kappa shape index (κ2) is 11.3. The van der Waals surface area contributed by atoms with Crippen molar-refractivity contribution in [1.29, 1.82) is 5.26 Å². The van der Waals surface area contributed by atoms with Crippen LogP contribution in [0.3, 0.4) is 0 Å². The van der Waals surface area contributed by atoms with Crippen molar-refractivity contribution in [3.63, 3.8) is 0 Å². The average molecular weight is 509 g/mol. The monoisotopic (exact) mass is 508 g/mol. The van der Waals surface area contributed by atoms with Gasteiger partial charge in [0, 0.05) is 13.5 Å². The van der Waals surface area contributed by atoms with Gasteiger partial charge in [0.2, 0.25) is 0 Å². The van der Waals surface area contributed by atoms with Crippen LogP contribution >= 0.6 is 0 Å². The van der Waals surface area contributed by atoms with E-state index in [1.54, 1.807) is 9.63 Å². The summed E-state index contributed by atoms with van der Waals surface area (Å²) in [7, 11) is 1.85. The minimum atomic E-state index is -0.241. The molecule has 1 aliphatic rings. The molecule has 1 fully saturated rings. The summed E-state index contributed by atoms with van der Waals surface area (Å²) in [5, 5.41) is 21.3. The maximum atomic E-state index is 13.9. The summed E-state index contributed by atoms with van der Waals surface area (Å²) >= 11 is 0. The third-order valence-electron chi connectivity index (χ3n) is 7.29. The van der Waals surface area contributed by atoms with Gasteiger partial charge in [0.1, 0.15) is 11.9 Å². The number of hydrogen-bond acceptors (Lipinski definition) is 6. The molecular formula is C31H32N4O3. The molecule has 0 amide bonds. The molecule has 0 spiro atoms. The lowest BCUT2D eigenvalue weighted by molar-refractivity contribution is -0.153. The topological polar surface area (TPSA) is 91.4 Å². The molecule has 0 aliphatic carbocycles. The Balaban J connectivity index is 1.51. The second-order valence-corrected chi connectivity index (χ2v) is 9.86. The highest BCUT2D eigenvalue weighted by Gasteiger charge is 2.32. The van der Waals surface area contributed by atoms with Crippen molar-refractivity contribution in [2.45, 2.75) is 51.3 Å². The second-order valence-electron chi connectivity index (χ2n) is 9.86. The van der Waals surface area contributed by atoms with Crippen LogP contribution in [0.5, 0.6) is 0 Å². The lowest BCUT2D eigenvalue weighted by Crippen LogP contribution is -2.26. The van der Waals surface area contributed by atoms with Gasteiger partial charge in [-0.2, -0.15) is 10.3 Å². The van der Waals surface area contributed by atoms with Crippen molar-refractivity contribution in [3.05, 3.63) is 99.6 Å². The highest BCUT2D eigenvalue weighted by molar-refractivity contribution is 5.78. The molecule has 4 aromatic rings. The summed E-state index contributed by atoms with van der Waals surface area (Å²) in [6, 6.07) is 23.7. The predicted octanol–water partition coefficient (Wildman–Crippen LogP) is 5.00. The van der Waals surface area contributed by atoms with Gasteiger partial charge in [0.25, 0.3) is 5.56 Å². The fourth-order valence-electron chi connectivity index (χ4n) is 5.19. The Kier molecular flexibility index (Phi) is 7.66. The number of nitriles is 1. The van der Waals surface area contributed by atoms with Crippen molar-refractivity contribution in [2.75, 3.05) is 13.7 Å². The zero-order valence-electron chi connectivity index (χ0n) is 21.8. The third-order valence-corrected chi connectivity index (χ3v) is 7.29. The van der Waals surface area contributed by atoms with Crippen LogP contribution in [-0.4, -0.2) is 39.5 Å². The molecular weight excluding hydrogens is 476 g/mol. The lowest BCUT2D eigenvalue weighted by atomic mass is 9.99. The first-order valence-electron chi connectivity index (χ1n) is 13.1. The molecule has 5 rings (SSSR count). The molecule has 7 heteroatoms. The fourth-order valence-corrected chi connectivity index (χ4v) is 5.19. The first-order valence-corrected chi connectivity index (χ1v) is 13.1. The van der Waals surface area contributed by atoms with Crippen molar-refractivity contribution < 1.29 is 9.94 Å². The van der Waals surface area contributed by atoms with Gasteiger partial charge in [-0.05, 0) is 53.3 Å². The zero-order valence-corrected chi connectivity index (χ0v) is 21.8. The zero-order chi connectivity index (χ0) is 26.6. The number of aromatic nitrogens is 2. The Hall–Kier alpha value is -3.83. The van der Waals surface area contributed by atoms with Crippen LogP contribution in [0.4, 0.5) is 0 Å². The molecule has 1 N–H and O–H groups in total. The Bertz CT molecular complexity index is 1540. The highest BCUT2D eigenvalue weighted by Crippen LogP contribution is 2.33. The summed E-state index contributed by atoms with van der Waals surface area (Å²) in [6.07, 6.45) is 3.12. The molecule has 3 aromatic carbocycles. The van der Waals surface area contributed by atoms with Crippen molar-refractivity contribution in [3.8, 4) is 17.2 Å². The molecule has 7 nitrogen and oxygen atoms in total. The van der Waals surface area contributed by atoms with Gasteiger partial charge in [0.15, 0.2) is 0 Å². The SMILES string of the molecule is CCCCc1nc2ccc([C@H]3C[C@H](CO)ON3C)cc2c(=O)n1Cc1ccc(-c2ccccc2C#N)cc1. The van der Waals surface area contributed by atoms with Gasteiger partial charge in [-0.1, -0.05) is 61.9 Å². The quantitative estimate of drug-likeness (QED) is 0.360. The van der Waals surface area contributed by atoms with E-state index in [0.29, 0.717) is 29.4 Å². The molecule has 0 unspecified atom stereocenters. The molecule has 0 radical (unpaired) electrons. The lowest BCUT2D eigenvalue weighted by Gasteiger charge is -2.19. The Labute approximate surface area is 222 Å². The van der Waals surface area contributed by atoms with E-state index >= 15 is 0 Å². The van der Waals surface area contributed by atoms with Crippen LogP contribution in [-0.2, 0) is 17.8 Å². The van der Waals surface area contributed by atoms with E-state index in [1.165, 1.54) is 0 Å². The van der Waals surface area contributed by atoms with Gasteiger partial charge in [-0.25, -0.2) is 4.98 Å². The van der Waals surface area contributed by atoms with E-state index in [9.17, 15) is 15.2 Å². The third kappa shape index (κ3) is 5.11. The molecule has 0 bridgehead atoms. The van der Waals surface area contributed by atoms with Gasteiger partial charge in [-0.15, -0.1) is 0 Å². The van der Waals surface area contributed by atoms with E-state index in [0.717, 1.165) is 47.3 Å². The van der Waals surface area contributed by atoms with Crippen LogP contribution in [0.1, 0.15) is 54.7 Å². The fraction of sp³-hybridized carbons (Fsp3) is 0.323. The van der Waals surface area contributed by atoms with Crippen molar-refractivity contribution in [1.82, 2.24) is 14.6 Å². The molecule has 2 heterocycles. The summed E-state index contributed by atoms with van der Waals surface area (Å²) < 4.78 is 1.80. The maximum absolute atomic E-state index is 13.9. The molecule has 38 heavy (non-hydrogen) atoms. The smallest absolute Gasteiger partial charge is 0.261 e. The Morgan fingerprint density at radius 3 is 2.63 bits per heavy atom. The van der Waals surface area contributed by atoms with E-state index in [4.69, 9.17) is 9.82 Å². The van der Waals surface area contributed by atoms with E-state index in [2.05, 4.69) is 13.0 Å². The normalized spacial score (nSPS) is 17.6. The molecule has 0 saturated carbocycles. The minimum absolute atomic E-state index is 0.0343. The Morgan fingerprint density at radius 2 is 1.92 bits per heavy atom. The summed E-state index contributed by atoms with van der Waals surface area (Å²) in [5.74, 6) is 0.790. The number of hydroxylamine groups is 2. The summed E-state index contributed by atoms with van der Waals surface area (Å²) in [6.45, 7) is 2.52. The number of aliphatic hydroxyl groups excluding tert-OH is 1. The number of fused-ring (bicyclic) bond motifs is 1. The van der Waals surface area contributed by atoms with Crippen LogP contribution in [0.2, 0.25) is 0 Å². The van der Waals surface area contributed by atoms with E-state index < -0.39 is 0 Å². The number of unbranched alkanes of at least 4 members (excludes halogenated alkanes) is 1. The largest absolute Gasteiger partial charge is 0.394 e. The van der Waals surface area contributed by atoms with E-state index in [1.807, 2.05) is 73.8 Å². The van der Waals surface area contributed by atoms with Crippen LogP contribution in [0.15, 0.2) is 71.5 Å². The first kappa shape index (κ1) is 25.8. The molecule has 1 aromatic heterocycles. The van der Waals surface area contributed by atoms with Crippen LogP contribution in [0, 0.1) is 11.3 Å². The maximum Gasteiger partial charge on any atom is 0.261 e. The van der Waals surface area contributed by atoms with E-state index in [-0.39, 0.29) is 24.3 Å². The number of nitrogens with zero attached hydrogens (tertiary/aromatic N) is 4. The molecule has 2 atom stereocenters. The van der Waals surface area contributed by atoms with Gasteiger partial charge in [-0.3, -0.25) is 14.2 Å². The minimum Gasteiger partial charge on any atom is -0.394 e. The van der Waals surface area contributed by atoms with Crippen molar-refractivity contribution in [2.24, 2.45) is 0 Å². The number of hydrogen-bond donors (Lipinski definition) is 1. The molecule has 194 valence electrons. The number of aryl methyl sites for hydroxylation is 1. The number of benzene rings is 3. The molecule has 1 aliphatic heterocycles. The Morgan fingerprint density at radius 1 is 1.13 bits per heavy atom. The number of aliphatic hydroxyl groups is 1. The van der Waals surface area contributed by atoms with Gasteiger partial charge >= 0.3 is 0 Å².